The van der Waals surface area contributed by atoms with Gasteiger partial charge in [0, 0.05) is 12.6 Å². The van der Waals surface area contributed by atoms with Crippen LogP contribution in [0, 0.1) is 0 Å². The standard InChI is InChI=1S/C29H33Cl2N3O4S/c1-5-22-11-14-24(15-12-22)34(39(37,38)25-9-7-6-8-10-25)19-28(35)33(21(4)29(36)32-20(2)3)18-23-13-16-26(30)27(31)17-23/h6-17,20-21H,5,18-19H2,1-4H3,(H,32,36)/t21-/m0/s1. The second-order valence-electron chi connectivity index (χ2n) is 9.45. The normalized spacial score (nSPS) is 12.2. The van der Waals surface area contributed by atoms with Gasteiger partial charge in [0.1, 0.15) is 12.6 Å². The largest absolute Gasteiger partial charge is 0.352 e. The van der Waals surface area contributed by atoms with Crippen molar-refractivity contribution in [3.8, 4) is 0 Å². The van der Waals surface area contributed by atoms with E-state index in [0.29, 0.717) is 21.3 Å². The van der Waals surface area contributed by atoms with Crippen LogP contribution < -0.4 is 9.62 Å². The Kier molecular flexibility index (Phi) is 10.4. The smallest absolute Gasteiger partial charge is 0.264 e. The molecule has 0 heterocycles. The molecule has 0 aliphatic carbocycles. The maximum absolute atomic E-state index is 13.9. The van der Waals surface area contributed by atoms with Gasteiger partial charge in [-0.05, 0) is 74.7 Å². The zero-order valence-electron chi connectivity index (χ0n) is 22.4. The number of benzene rings is 3. The van der Waals surface area contributed by atoms with Crippen LogP contribution in [-0.2, 0) is 32.6 Å². The summed E-state index contributed by atoms with van der Waals surface area (Å²) >= 11 is 12.3. The van der Waals surface area contributed by atoms with Gasteiger partial charge in [-0.1, -0.05) is 66.5 Å². The van der Waals surface area contributed by atoms with Gasteiger partial charge in [-0.3, -0.25) is 13.9 Å². The third-order valence-corrected chi connectivity index (χ3v) is 8.70. The second-order valence-corrected chi connectivity index (χ2v) is 12.1. The minimum Gasteiger partial charge on any atom is -0.352 e. The summed E-state index contributed by atoms with van der Waals surface area (Å²) in [7, 11) is -4.11. The van der Waals surface area contributed by atoms with Crippen LogP contribution in [0.15, 0.2) is 77.7 Å². The maximum atomic E-state index is 13.9. The summed E-state index contributed by atoms with van der Waals surface area (Å²) in [5.41, 5.74) is 2.02. The number of sulfonamides is 1. The van der Waals surface area contributed by atoms with Crippen molar-refractivity contribution in [3.05, 3.63) is 94.0 Å². The quantitative estimate of drug-likeness (QED) is 0.311. The van der Waals surface area contributed by atoms with Gasteiger partial charge in [-0.25, -0.2) is 8.42 Å². The number of amides is 2. The number of hydrogen-bond acceptors (Lipinski definition) is 4. The fraction of sp³-hybridized carbons (Fsp3) is 0.310. The molecule has 0 aliphatic rings. The molecule has 39 heavy (non-hydrogen) atoms. The van der Waals surface area contributed by atoms with Crippen molar-refractivity contribution in [3.63, 3.8) is 0 Å². The molecule has 3 aromatic carbocycles. The average Bonchev–Trinajstić information content (AvgIpc) is 2.92. The summed E-state index contributed by atoms with van der Waals surface area (Å²) in [5, 5.41) is 3.50. The number of hydrogen-bond donors (Lipinski definition) is 1. The lowest BCUT2D eigenvalue weighted by molar-refractivity contribution is -0.139. The molecule has 0 aromatic heterocycles. The van der Waals surface area contributed by atoms with E-state index in [1.165, 1.54) is 17.0 Å². The highest BCUT2D eigenvalue weighted by atomic mass is 35.5. The molecule has 3 rings (SSSR count). The molecule has 0 radical (unpaired) electrons. The first-order chi connectivity index (χ1) is 18.4. The number of nitrogens with one attached hydrogen (secondary N) is 1. The molecule has 7 nitrogen and oxygen atoms in total. The van der Waals surface area contributed by atoms with Crippen LogP contribution in [-0.4, -0.2) is 43.8 Å². The lowest BCUT2D eigenvalue weighted by Gasteiger charge is -2.32. The number of aryl methyl sites for hydroxylation is 1. The Morgan fingerprint density at radius 3 is 2.05 bits per heavy atom. The topological polar surface area (TPSA) is 86.8 Å². The first-order valence-corrected chi connectivity index (χ1v) is 14.8. The van der Waals surface area contributed by atoms with Crippen molar-refractivity contribution in [2.24, 2.45) is 0 Å². The number of nitrogens with zero attached hydrogens (tertiary/aromatic N) is 2. The molecule has 0 spiro atoms. The van der Waals surface area contributed by atoms with Crippen LogP contribution >= 0.6 is 23.2 Å². The fourth-order valence-corrected chi connectivity index (χ4v) is 5.72. The molecule has 0 bridgehead atoms. The van der Waals surface area contributed by atoms with Gasteiger partial charge in [0.2, 0.25) is 11.8 Å². The Bertz CT molecular complexity index is 1400. The molecule has 0 saturated carbocycles. The Morgan fingerprint density at radius 2 is 1.49 bits per heavy atom. The number of carbonyl (C=O) groups excluding carboxylic acids is 2. The van der Waals surface area contributed by atoms with Crippen LogP contribution in [0.25, 0.3) is 0 Å². The van der Waals surface area contributed by atoms with Gasteiger partial charge >= 0.3 is 0 Å². The molecule has 1 N–H and O–H groups in total. The third-order valence-electron chi connectivity index (χ3n) is 6.18. The summed E-state index contributed by atoms with van der Waals surface area (Å²) in [5.74, 6) is -0.908. The number of carbonyl (C=O) groups is 2. The molecule has 1 atom stereocenters. The molecule has 0 fully saturated rings. The van der Waals surface area contributed by atoms with Gasteiger partial charge in [-0.15, -0.1) is 0 Å². The predicted molar refractivity (Wildman–Crippen MR) is 157 cm³/mol. The lowest BCUT2D eigenvalue weighted by Crippen LogP contribution is -2.52. The van der Waals surface area contributed by atoms with E-state index >= 15 is 0 Å². The van der Waals surface area contributed by atoms with Gasteiger partial charge < -0.3 is 10.2 Å². The first kappa shape index (κ1) is 30.5. The second kappa shape index (κ2) is 13.3. The van der Waals surface area contributed by atoms with Gasteiger partial charge in [0.15, 0.2) is 0 Å². The lowest BCUT2D eigenvalue weighted by atomic mass is 10.1. The van der Waals surface area contributed by atoms with Crippen LogP contribution in [0.3, 0.4) is 0 Å². The molecular weight excluding hydrogens is 557 g/mol. The zero-order chi connectivity index (χ0) is 28.7. The number of halogens is 2. The summed E-state index contributed by atoms with van der Waals surface area (Å²) < 4.78 is 28.6. The van der Waals surface area contributed by atoms with E-state index in [-0.39, 0.29) is 23.4 Å². The molecule has 0 unspecified atom stereocenters. The third kappa shape index (κ3) is 7.75. The van der Waals surface area contributed by atoms with Crippen LogP contribution in [0.5, 0.6) is 0 Å². The van der Waals surface area contributed by atoms with Gasteiger partial charge in [0.25, 0.3) is 10.0 Å². The minimum absolute atomic E-state index is 0.0242. The van der Waals surface area contributed by atoms with Crippen LogP contribution in [0.2, 0.25) is 10.0 Å². The monoisotopic (exact) mass is 589 g/mol. The number of rotatable bonds is 11. The van der Waals surface area contributed by atoms with Gasteiger partial charge in [0.05, 0.1) is 20.6 Å². The number of anilines is 1. The van der Waals surface area contributed by atoms with E-state index < -0.39 is 28.5 Å². The van der Waals surface area contributed by atoms with Crippen molar-refractivity contribution in [1.82, 2.24) is 10.2 Å². The molecule has 0 aliphatic heterocycles. The Morgan fingerprint density at radius 1 is 0.872 bits per heavy atom. The Hall–Kier alpha value is -3.07. The molecule has 10 heteroatoms. The van der Waals surface area contributed by atoms with E-state index in [9.17, 15) is 18.0 Å². The molecular formula is C29H33Cl2N3O4S. The van der Waals surface area contributed by atoms with Crippen molar-refractivity contribution in [1.29, 1.82) is 0 Å². The zero-order valence-corrected chi connectivity index (χ0v) is 24.7. The highest BCUT2D eigenvalue weighted by Gasteiger charge is 2.32. The summed E-state index contributed by atoms with van der Waals surface area (Å²) in [6.45, 7) is 6.77. The predicted octanol–water partition coefficient (Wildman–Crippen LogP) is 5.69. The summed E-state index contributed by atoms with van der Waals surface area (Å²) in [6, 6.07) is 18.9. The van der Waals surface area contributed by atoms with Crippen LogP contribution in [0.1, 0.15) is 38.8 Å². The molecule has 208 valence electrons. The van der Waals surface area contributed by atoms with E-state index in [0.717, 1.165) is 16.3 Å². The molecule has 3 aromatic rings. The molecule has 2 amide bonds. The Labute approximate surface area is 240 Å². The van der Waals surface area contributed by atoms with E-state index in [4.69, 9.17) is 23.2 Å². The van der Waals surface area contributed by atoms with Crippen molar-refractivity contribution in [2.45, 2.75) is 57.6 Å². The first-order valence-electron chi connectivity index (χ1n) is 12.6. The minimum atomic E-state index is -4.11. The van der Waals surface area contributed by atoms with Crippen molar-refractivity contribution < 1.29 is 18.0 Å². The highest BCUT2D eigenvalue weighted by molar-refractivity contribution is 7.92. The SMILES string of the molecule is CCc1ccc(N(CC(=O)N(Cc2ccc(Cl)c(Cl)c2)[C@@H](C)C(=O)NC(C)C)S(=O)(=O)c2ccccc2)cc1. The molecule has 0 saturated heterocycles. The average molecular weight is 591 g/mol. The van der Waals surface area contributed by atoms with E-state index in [2.05, 4.69) is 5.32 Å². The Balaban J connectivity index is 2.03. The van der Waals surface area contributed by atoms with E-state index in [1.807, 2.05) is 32.9 Å². The summed E-state index contributed by atoms with van der Waals surface area (Å²) in [6.07, 6.45) is 0.782. The fourth-order valence-electron chi connectivity index (χ4n) is 3.97. The van der Waals surface area contributed by atoms with E-state index in [1.54, 1.807) is 55.5 Å². The highest BCUT2D eigenvalue weighted by Crippen LogP contribution is 2.26. The van der Waals surface area contributed by atoms with Crippen LogP contribution in [0.4, 0.5) is 5.69 Å². The summed E-state index contributed by atoms with van der Waals surface area (Å²) in [4.78, 5) is 28.3. The maximum Gasteiger partial charge on any atom is 0.264 e. The van der Waals surface area contributed by atoms with Gasteiger partial charge in [-0.2, -0.15) is 0 Å². The van der Waals surface area contributed by atoms with Crippen molar-refractivity contribution >= 4 is 50.7 Å². The van der Waals surface area contributed by atoms with Crippen molar-refractivity contribution in [2.75, 3.05) is 10.8 Å².